The summed E-state index contributed by atoms with van der Waals surface area (Å²) in [6.07, 6.45) is 1.83. The Balaban J connectivity index is 2.77. The van der Waals surface area contributed by atoms with E-state index in [1.54, 1.807) is 14.2 Å². The van der Waals surface area contributed by atoms with Gasteiger partial charge in [0, 0.05) is 14.2 Å². The predicted octanol–water partition coefficient (Wildman–Crippen LogP) is 2.66. The van der Waals surface area contributed by atoms with Crippen molar-refractivity contribution in [2.24, 2.45) is 0 Å². The van der Waals surface area contributed by atoms with E-state index >= 15 is 0 Å². The maximum Gasteiger partial charge on any atom is 0.105 e. The highest BCUT2D eigenvalue weighted by Gasteiger charge is 2.08. The molecule has 1 unspecified atom stereocenters. The SMILES string of the molecule is C=Cc1ccc(C(COC)OC)cc1. The van der Waals surface area contributed by atoms with Crippen LogP contribution >= 0.6 is 0 Å². The first-order valence-electron chi connectivity index (χ1n) is 4.56. The van der Waals surface area contributed by atoms with Gasteiger partial charge >= 0.3 is 0 Å². The van der Waals surface area contributed by atoms with Gasteiger partial charge in [0.15, 0.2) is 0 Å². The Bertz CT molecular complexity index is 277. The van der Waals surface area contributed by atoms with Gasteiger partial charge in [0.05, 0.1) is 6.61 Å². The zero-order chi connectivity index (χ0) is 10.4. The average Bonchev–Trinajstić information content (AvgIpc) is 2.26. The predicted molar refractivity (Wildman–Crippen MR) is 58.2 cm³/mol. The van der Waals surface area contributed by atoms with Crippen molar-refractivity contribution in [3.05, 3.63) is 42.0 Å². The summed E-state index contributed by atoms with van der Waals surface area (Å²) in [6, 6.07) is 8.10. The van der Waals surface area contributed by atoms with E-state index in [1.807, 2.05) is 30.3 Å². The van der Waals surface area contributed by atoms with E-state index in [1.165, 1.54) is 0 Å². The van der Waals surface area contributed by atoms with Gasteiger partial charge in [-0.3, -0.25) is 0 Å². The van der Waals surface area contributed by atoms with Crippen LogP contribution < -0.4 is 0 Å². The van der Waals surface area contributed by atoms with Crippen molar-refractivity contribution < 1.29 is 9.47 Å². The van der Waals surface area contributed by atoms with Crippen LogP contribution in [0.2, 0.25) is 0 Å². The van der Waals surface area contributed by atoms with E-state index in [2.05, 4.69) is 6.58 Å². The van der Waals surface area contributed by atoms with E-state index in [0.717, 1.165) is 11.1 Å². The molecule has 0 aliphatic rings. The average molecular weight is 192 g/mol. The summed E-state index contributed by atoms with van der Waals surface area (Å²) in [5, 5.41) is 0. The largest absolute Gasteiger partial charge is 0.382 e. The van der Waals surface area contributed by atoms with Gasteiger partial charge in [-0.2, -0.15) is 0 Å². The molecule has 0 spiro atoms. The number of ether oxygens (including phenoxy) is 2. The Hall–Kier alpha value is -1.12. The van der Waals surface area contributed by atoms with Gasteiger partial charge in [-0.1, -0.05) is 36.9 Å². The number of benzene rings is 1. The number of methoxy groups -OCH3 is 2. The second-order valence-electron chi connectivity index (χ2n) is 3.05. The minimum atomic E-state index is 0.0128. The molecule has 1 atom stereocenters. The van der Waals surface area contributed by atoms with Gasteiger partial charge in [-0.05, 0) is 11.1 Å². The van der Waals surface area contributed by atoms with Crippen molar-refractivity contribution in [1.82, 2.24) is 0 Å². The van der Waals surface area contributed by atoms with E-state index in [4.69, 9.17) is 9.47 Å². The maximum atomic E-state index is 5.30. The van der Waals surface area contributed by atoms with Crippen molar-refractivity contribution in [1.29, 1.82) is 0 Å². The minimum absolute atomic E-state index is 0.0128. The highest BCUT2D eigenvalue weighted by molar-refractivity contribution is 5.47. The number of rotatable bonds is 5. The third-order valence-electron chi connectivity index (χ3n) is 2.15. The van der Waals surface area contributed by atoms with Gasteiger partial charge in [-0.15, -0.1) is 0 Å². The molecule has 0 N–H and O–H groups in total. The topological polar surface area (TPSA) is 18.5 Å². The molecular weight excluding hydrogens is 176 g/mol. The van der Waals surface area contributed by atoms with Gasteiger partial charge in [-0.25, -0.2) is 0 Å². The van der Waals surface area contributed by atoms with E-state index in [9.17, 15) is 0 Å². The molecule has 1 aromatic rings. The molecule has 0 aliphatic carbocycles. The van der Waals surface area contributed by atoms with Crippen LogP contribution in [-0.4, -0.2) is 20.8 Å². The fourth-order valence-corrected chi connectivity index (χ4v) is 1.30. The standard InChI is InChI=1S/C12H16O2/c1-4-10-5-7-11(8-6-10)12(14-3)9-13-2/h4-8,12H,1,9H2,2-3H3. The molecule has 1 aromatic carbocycles. The zero-order valence-corrected chi connectivity index (χ0v) is 8.69. The van der Waals surface area contributed by atoms with Gasteiger partial charge in [0.2, 0.25) is 0 Å². The molecule has 0 heterocycles. The van der Waals surface area contributed by atoms with E-state index in [-0.39, 0.29) is 6.10 Å². The third-order valence-corrected chi connectivity index (χ3v) is 2.15. The van der Waals surface area contributed by atoms with Crippen LogP contribution in [-0.2, 0) is 9.47 Å². The lowest BCUT2D eigenvalue weighted by Crippen LogP contribution is -2.08. The monoisotopic (exact) mass is 192 g/mol. The first kappa shape index (κ1) is 11.0. The second-order valence-corrected chi connectivity index (χ2v) is 3.05. The molecule has 76 valence electrons. The van der Waals surface area contributed by atoms with Crippen LogP contribution in [0.1, 0.15) is 17.2 Å². The van der Waals surface area contributed by atoms with Crippen molar-refractivity contribution in [2.75, 3.05) is 20.8 Å². The lowest BCUT2D eigenvalue weighted by Gasteiger charge is -2.14. The molecule has 0 aromatic heterocycles. The van der Waals surface area contributed by atoms with Gasteiger partial charge < -0.3 is 9.47 Å². The molecule has 0 saturated heterocycles. The molecule has 2 heteroatoms. The molecule has 14 heavy (non-hydrogen) atoms. The van der Waals surface area contributed by atoms with Crippen LogP contribution in [0.3, 0.4) is 0 Å². The summed E-state index contributed by atoms with van der Waals surface area (Å²) in [4.78, 5) is 0. The summed E-state index contributed by atoms with van der Waals surface area (Å²) in [5.41, 5.74) is 2.24. The minimum Gasteiger partial charge on any atom is -0.382 e. The lowest BCUT2D eigenvalue weighted by atomic mass is 10.1. The van der Waals surface area contributed by atoms with Gasteiger partial charge in [0.25, 0.3) is 0 Å². The molecule has 2 nitrogen and oxygen atoms in total. The van der Waals surface area contributed by atoms with Crippen molar-refractivity contribution >= 4 is 6.08 Å². The van der Waals surface area contributed by atoms with Crippen LogP contribution in [0.25, 0.3) is 6.08 Å². The maximum absolute atomic E-state index is 5.30. The van der Waals surface area contributed by atoms with Crippen LogP contribution in [0.4, 0.5) is 0 Å². The Morgan fingerprint density at radius 1 is 1.29 bits per heavy atom. The summed E-state index contributed by atoms with van der Waals surface area (Å²) in [6.45, 7) is 4.28. The first-order chi connectivity index (χ1) is 6.81. The number of hydrogen-bond acceptors (Lipinski definition) is 2. The summed E-state index contributed by atoms with van der Waals surface area (Å²) < 4.78 is 10.4. The smallest absolute Gasteiger partial charge is 0.105 e. The third kappa shape index (κ3) is 2.69. The molecule has 0 aliphatic heterocycles. The van der Waals surface area contributed by atoms with Crippen LogP contribution in [0, 0.1) is 0 Å². The second kappa shape index (κ2) is 5.58. The number of hydrogen-bond donors (Lipinski definition) is 0. The van der Waals surface area contributed by atoms with Crippen LogP contribution in [0.5, 0.6) is 0 Å². The van der Waals surface area contributed by atoms with Crippen LogP contribution in [0.15, 0.2) is 30.8 Å². The summed E-state index contributed by atoms with van der Waals surface area (Å²) in [7, 11) is 3.36. The summed E-state index contributed by atoms with van der Waals surface area (Å²) >= 11 is 0. The van der Waals surface area contributed by atoms with E-state index < -0.39 is 0 Å². The Morgan fingerprint density at radius 3 is 2.36 bits per heavy atom. The quantitative estimate of drug-likeness (QED) is 0.714. The Morgan fingerprint density at radius 2 is 1.93 bits per heavy atom. The van der Waals surface area contributed by atoms with Crippen molar-refractivity contribution in [2.45, 2.75) is 6.10 Å². The highest BCUT2D eigenvalue weighted by Crippen LogP contribution is 2.17. The Kier molecular flexibility index (Phi) is 4.36. The Labute approximate surface area is 85.2 Å². The van der Waals surface area contributed by atoms with E-state index in [0.29, 0.717) is 6.61 Å². The molecule has 0 radical (unpaired) electrons. The molecule has 0 saturated carbocycles. The molecule has 0 fully saturated rings. The molecule has 0 bridgehead atoms. The first-order valence-corrected chi connectivity index (χ1v) is 4.56. The molecule has 1 rings (SSSR count). The highest BCUT2D eigenvalue weighted by atomic mass is 16.5. The fraction of sp³-hybridized carbons (Fsp3) is 0.333. The normalized spacial score (nSPS) is 12.4. The molecular formula is C12H16O2. The molecule has 0 amide bonds. The fourth-order valence-electron chi connectivity index (χ4n) is 1.30. The zero-order valence-electron chi connectivity index (χ0n) is 8.69. The van der Waals surface area contributed by atoms with Crippen molar-refractivity contribution in [3.8, 4) is 0 Å². The summed E-state index contributed by atoms with van der Waals surface area (Å²) in [5.74, 6) is 0. The van der Waals surface area contributed by atoms with Gasteiger partial charge in [0.1, 0.15) is 6.10 Å². The van der Waals surface area contributed by atoms with Crippen molar-refractivity contribution in [3.63, 3.8) is 0 Å². The lowest BCUT2D eigenvalue weighted by molar-refractivity contribution is 0.0275.